The Labute approximate surface area is 112 Å². The van der Waals surface area contributed by atoms with Crippen molar-refractivity contribution in [2.45, 2.75) is 37.4 Å². The first-order valence-electron chi connectivity index (χ1n) is 6.26. The third-order valence-corrected chi connectivity index (χ3v) is 3.68. The lowest BCUT2D eigenvalue weighted by molar-refractivity contribution is -0.0921. The van der Waals surface area contributed by atoms with Gasteiger partial charge in [0.25, 0.3) is 0 Å². The van der Waals surface area contributed by atoms with Crippen molar-refractivity contribution in [3.05, 3.63) is 34.9 Å². The normalized spacial score (nSPS) is 28.7. The minimum atomic E-state index is -1.05. The first-order valence-corrected chi connectivity index (χ1v) is 6.64. The van der Waals surface area contributed by atoms with Gasteiger partial charge in [0.15, 0.2) is 0 Å². The summed E-state index contributed by atoms with van der Waals surface area (Å²) in [5.74, 6) is 0. The van der Waals surface area contributed by atoms with E-state index in [2.05, 4.69) is 4.99 Å². The SMILES string of the molecule is O[C@H]1CCCC[C@]1(O)CN=Cc1ccc(Cl)cc1. The number of aliphatic hydroxyl groups is 2. The Morgan fingerprint density at radius 3 is 2.72 bits per heavy atom. The van der Waals surface area contributed by atoms with E-state index in [-0.39, 0.29) is 6.54 Å². The zero-order valence-electron chi connectivity index (χ0n) is 10.2. The maximum Gasteiger partial charge on any atom is 0.110 e. The molecule has 0 radical (unpaired) electrons. The summed E-state index contributed by atoms with van der Waals surface area (Å²) in [6.07, 6.45) is 4.25. The number of aliphatic imine (C=N–C) groups is 1. The van der Waals surface area contributed by atoms with Crippen LogP contribution in [0.15, 0.2) is 29.3 Å². The molecule has 1 aliphatic rings. The molecular formula is C14H18ClNO2. The molecule has 0 spiro atoms. The average molecular weight is 268 g/mol. The van der Waals surface area contributed by atoms with Gasteiger partial charge in [-0.25, -0.2) is 0 Å². The summed E-state index contributed by atoms with van der Waals surface area (Å²) >= 11 is 5.79. The van der Waals surface area contributed by atoms with Gasteiger partial charge in [-0.05, 0) is 30.5 Å². The Hall–Kier alpha value is -0.900. The molecule has 2 atom stereocenters. The van der Waals surface area contributed by atoms with Crippen molar-refractivity contribution >= 4 is 17.8 Å². The molecule has 18 heavy (non-hydrogen) atoms. The number of halogens is 1. The minimum Gasteiger partial charge on any atom is -0.390 e. The zero-order chi connectivity index (χ0) is 13.0. The van der Waals surface area contributed by atoms with Crippen molar-refractivity contribution in [1.29, 1.82) is 0 Å². The second-order valence-electron chi connectivity index (χ2n) is 4.89. The van der Waals surface area contributed by atoms with Crippen LogP contribution >= 0.6 is 11.6 Å². The smallest absolute Gasteiger partial charge is 0.110 e. The van der Waals surface area contributed by atoms with Gasteiger partial charge in [0.05, 0.1) is 12.6 Å². The van der Waals surface area contributed by atoms with Crippen molar-refractivity contribution in [2.75, 3.05) is 6.54 Å². The molecule has 1 saturated carbocycles. The summed E-state index contributed by atoms with van der Waals surface area (Å²) in [5.41, 5.74) is -0.116. The van der Waals surface area contributed by atoms with Gasteiger partial charge in [-0.3, -0.25) is 4.99 Å². The summed E-state index contributed by atoms with van der Waals surface area (Å²) in [6, 6.07) is 7.33. The van der Waals surface area contributed by atoms with E-state index in [1.807, 2.05) is 12.1 Å². The van der Waals surface area contributed by atoms with Crippen LogP contribution in [0.2, 0.25) is 5.02 Å². The Kier molecular flexibility index (Phi) is 4.38. The highest BCUT2D eigenvalue weighted by molar-refractivity contribution is 6.30. The van der Waals surface area contributed by atoms with Crippen LogP contribution in [-0.2, 0) is 0 Å². The molecule has 0 heterocycles. The molecule has 1 aliphatic carbocycles. The number of benzene rings is 1. The van der Waals surface area contributed by atoms with Gasteiger partial charge in [-0.1, -0.05) is 36.6 Å². The molecule has 0 unspecified atom stereocenters. The molecule has 0 saturated heterocycles. The van der Waals surface area contributed by atoms with Gasteiger partial charge < -0.3 is 10.2 Å². The topological polar surface area (TPSA) is 52.8 Å². The lowest BCUT2D eigenvalue weighted by Crippen LogP contribution is -2.47. The minimum absolute atomic E-state index is 0.247. The Balaban J connectivity index is 1.96. The highest BCUT2D eigenvalue weighted by Gasteiger charge is 2.37. The van der Waals surface area contributed by atoms with Crippen LogP contribution in [0.25, 0.3) is 0 Å². The van der Waals surface area contributed by atoms with E-state index < -0.39 is 11.7 Å². The summed E-state index contributed by atoms with van der Waals surface area (Å²) in [5, 5.41) is 20.8. The predicted octanol–water partition coefficient (Wildman–Crippen LogP) is 2.42. The number of aliphatic hydroxyl groups excluding tert-OH is 1. The molecule has 2 N–H and O–H groups in total. The maximum atomic E-state index is 10.3. The Bertz CT molecular complexity index is 418. The lowest BCUT2D eigenvalue weighted by Gasteiger charge is -2.35. The highest BCUT2D eigenvalue weighted by Crippen LogP contribution is 2.28. The predicted molar refractivity (Wildman–Crippen MR) is 73.3 cm³/mol. The number of rotatable bonds is 3. The van der Waals surface area contributed by atoms with Gasteiger partial charge in [0.1, 0.15) is 5.60 Å². The average Bonchev–Trinajstić information content (AvgIpc) is 2.36. The fraction of sp³-hybridized carbons (Fsp3) is 0.500. The van der Waals surface area contributed by atoms with E-state index in [1.54, 1.807) is 18.3 Å². The quantitative estimate of drug-likeness (QED) is 0.827. The van der Waals surface area contributed by atoms with Gasteiger partial charge in [-0.15, -0.1) is 0 Å². The second kappa shape index (κ2) is 5.83. The van der Waals surface area contributed by atoms with E-state index in [9.17, 15) is 10.2 Å². The van der Waals surface area contributed by atoms with E-state index >= 15 is 0 Å². The van der Waals surface area contributed by atoms with Gasteiger partial charge in [-0.2, -0.15) is 0 Å². The zero-order valence-corrected chi connectivity index (χ0v) is 11.0. The number of hydrogen-bond donors (Lipinski definition) is 2. The summed E-state index contributed by atoms with van der Waals surface area (Å²) in [6.45, 7) is 0.247. The second-order valence-corrected chi connectivity index (χ2v) is 5.32. The van der Waals surface area contributed by atoms with Gasteiger partial charge >= 0.3 is 0 Å². The van der Waals surface area contributed by atoms with Crippen molar-refractivity contribution in [1.82, 2.24) is 0 Å². The van der Waals surface area contributed by atoms with Crippen LogP contribution in [0.4, 0.5) is 0 Å². The third kappa shape index (κ3) is 3.31. The largest absolute Gasteiger partial charge is 0.390 e. The molecular weight excluding hydrogens is 250 g/mol. The molecule has 1 fully saturated rings. The lowest BCUT2D eigenvalue weighted by atomic mass is 9.82. The van der Waals surface area contributed by atoms with Crippen LogP contribution in [-0.4, -0.2) is 34.7 Å². The van der Waals surface area contributed by atoms with E-state index in [0.29, 0.717) is 17.9 Å². The van der Waals surface area contributed by atoms with Crippen LogP contribution in [0.5, 0.6) is 0 Å². The summed E-state index contributed by atoms with van der Waals surface area (Å²) in [7, 11) is 0. The standard InChI is InChI=1S/C14H18ClNO2/c15-12-6-4-11(5-7-12)9-16-10-14(18)8-2-1-3-13(14)17/h4-7,9,13,17-18H,1-3,8,10H2/t13-,14-/m0/s1. The first-order chi connectivity index (χ1) is 8.60. The molecule has 2 rings (SSSR count). The van der Waals surface area contributed by atoms with Crippen molar-refractivity contribution in [3.63, 3.8) is 0 Å². The number of nitrogens with zero attached hydrogens (tertiary/aromatic N) is 1. The molecule has 1 aromatic carbocycles. The molecule has 3 nitrogen and oxygen atoms in total. The van der Waals surface area contributed by atoms with Crippen LogP contribution in [0.3, 0.4) is 0 Å². The Morgan fingerprint density at radius 2 is 2.06 bits per heavy atom. The van der Waals surface area contributed by atoms with Gasteiger partial charge in [0.2, 0.25) is 0 Å². The number of hydrogen-bond acceptors (Lipinski definition) is 3. The van der Waals surface area contributed by atoms with Crippen LogP contribution < -0.4 is 0 Å². The van der Waals surface area contributed by atoms with E-state index in [1.165, 1.54) is 0 Å². The third-order valence-electron chi connectivity index (χ3n) is 3.43. The van der Waals surface area contributed by atoms with E-state index in [0.717, 1.165) is 18.4 Å². The van der Waals surface area contributed by atoms with Crippen molar-refractivity contribution in [2.24, 2.45) is 4.99 Å². The van der Waals surface area contributed by atoms with Crippen molar-refractivity contribution < 1.29 is 10.2 Å². The molecule has 0 amide bonds. The molecule has 98 valence electrons. The molecule has 0 aromatic heterocycles. The molecule has 0 aliphatic heterocycles. The maximum absolute atomic E-state index is 10.3. The summed E-state index contributed by atoms with van der Waals surface area (Å²) < 4.78 is 0. The molecule has 1 aromatic rings. The van der Waals surface area contributed by atoms with Crippen molar-refractivity contribution in [3.8, 4) is 0 Å². The first kappa shape index (κ1) is 13.5. The van der Waals surface area contributed by atoms with Crippen LogP contribution in [0, 0.1) is 0 Å². The summed E-state index contributed by atoms with van der Waals surface area (Å²) in [4.78, 5) is 4.24. The monoisotopic (exact) mass is 267 g/mol. The van der Waals surface area contributed by atoms with E-state index in [4.69, 9.17) is 11.6 Å². The van der Waals surface area contributed by atoms with Crippen LogP contribution in [0.1, 0.15) is 31.2 Å². The molecule has 0 bridgehead atoms. The Morgan fingerprint density at radius 1 is 1.33 bits per heavy atom. The van der Waals surface area contributed by atoms with Gasteiger partial charge in [0, 0.05) is 11.2 Å². The fourth-order valence-electron chi connectivity index (χ4n) is 2.25. The highest BCUT2D eigenvalue weighted by atomic mass is 35.5. The fourth-order valence-corrected chi connectivity index (χ4v) is 2.37. The molecule has 4 heteroatoms.